The molecule has 2 aromatic carbocycles. The summed E-state index contributed by atoms with van der Waals surface area (Å²) in [5.74, 6) is -0.464. The van der Waals surface area contributed by atoms with Crippen molar-refractivity contribution in [2.75, 3.05) is 0 Å². The molecule has 3 rings (SSSR count). The van der Waals surface area contributed by atoms with Crippen molar-refractivity contribution < 1.29 is 8.78 Å². The highest BCUT2D eigenvalue weighted by atomic mass is 32.2. The fourth-order valence-electron chi connectivity index (χ4n) is 2.28. The Morgan fingerprint density at radius 3 is 2.52 bits per heavy atom. The lowest BCUT2D eigenvalue weighted by Gasteiger charge is -2.05. The normalized spacial score (nSPS) is 10.9. The first kappa shape index (κ1) is 16.1. The van der Waals surface area contributed by atoms with Gasteiger partial charge in [-0.3, -0.25) is 0 Å². The van der Waals surface area contributed by atoms with Crippen LogP contribution in [0.2, 0.25) is 0 Å². The number of aromatic nitrogens is 1. The molecule has 0 amide bonds. The van der Waals surface area contributed by atoms with Crippen LogP contribution in [0.25, 0.3) is 10.6 Å². The van der Waals surface area contributed by atoms with Crippen LogP contribution in [0.3, 0.4) is 0 Å². The number of hydrogen-bond acceptors (Lipinski definition) is 3. The van der Waals surface area contributed by atoms with Gasteiger partial charge in [-0.2, -0.15) is 0 Å². The summed E-state index contributed by atoms with van der Waals surface area (Å²) in [4.78, 5) is 5.61. The smallest absolute Gasteiger partial charge is 0.136 e. The Morgan fingerprint density at radius 2 is 1.78 bits per heavy atom. The topological polar surface area (TPSA) is 12.9 Å². The van der Waals surface area contributed by atoms with Gasteiger partial charge in [0, 0.05) is 16.0 Å². The van der Waals surface area contributed by atoms with Gasteiger partial charge in [-0.25, -0.2) is 13.8 Å². The van der Waals surface area contributed by atoms with E-state index in [9.17, 15) is 8.78 Å². The van der Waals surface area contributed by atoms with Gasteiger partial charge in [-0.15, -0.1) is 23.1 Å². The third-order valence-electron chi connectivity index (χ3n) is 3.46. The highest BCUT2D eigenvalue weighted by Crippen LogP contribution is 2.32. The number of aryl methyl sites for hydroxylation is 1. The first-order valence-corrected chi connectivity index (χ1v) is 9.15. The van der Waals surface area contributed by atoms with Crippen LogP contribution < -0.4 is 0 Å². The van der Waals surface area contributed by atoms with Crippen molar-refractivity contribution in [3.05, 3.63) is 70.7 Å². The van der Waals surface area contributed by atoms with Crippen molar-refractivity contribution in [3.8, 4) is 10.6 Å². The van der Waals surface area contributed by atoms with Crippen molar-refractivity contribution >= 4 is 23.1 Å². The summed E-state index contributed by atoms with van der Waals surface area (Å²) in [5, 5.41) is 2.25. The molecular formula is C18H15F2NS2. The number of nitrogens with zero attached hydrogens (tertiary/aromatic N) is 1. The van der Waals surface area contributed by atoms with Gasteiger partial charge < -0.3 is 0 Å². The Hall–Kier alpha value is -1.72. The summed E-state index contributed by atoms with van der Waals surface area (Å²) in [7, 11) is 0. The number of benzene rings is 2. The minimum atomic E-state index is -0.574. The summed E-state index contributed by atoms with van der Waals surface area (Å²) < 4.78 is 27.6. The standard InChI is InChI=1S/C18H15F2NS2/c1-2-12-6-3-4-9-16(12)22-10-13-11-23-18(21-13)17-14(19)7-5-8-15(17)20/h3-9,11H,2,10H2,1H3. The molecule has 0 aliphatic rings. The molecule has 1 aromatic heterocycles. The first-order chi connectivity index (χ1) is 11.2. The molecule has 1 nitrogen and oxygen atoms in total. The lowest BCUT2D eigenvalue weighted by atomic mass is 10.2. The molecule has 0 saturated carbocycles. The van der Waals surface area contributed by atoms with Gasteiger partial charge in [0.1, 0.15) is 16.6 Å². The summed E-state index contributed by atoms with van der Waals surface area (Å²) >= 11 is 2.97. The zero-order valence-electron chi connectivity index (χ0n) is 12.6. The number of thioether (sulfide) groups is 1. The van der Waals surface area contributed by atoms with Crippen molar-refractivity contribution in [1.82, 2.24) is 4.98 Å². The molecule has 0 atom stereocenters. The number of rotatable bonds is 5. The van der Waals surface area contributed by atoms with E-state index in [2.05, 4.69) is 24.0 Å². The van der Waals surface area contributed by atoms with Crippen molar-refractivity contribution in [1.29, 1.82) is 0 Å². The van der Waals surface area contributed by atoms with E-state index in [1.165, 1.54) is 40.0 Å². The Labute approximate surface area is 142 Å². The zero-order chi connectivity index (χ0) is 16.2. The maximum Gasteiger partial charge on any atom is 0.136 e. The minimum Gasteiger partial charge on any atom is -0.240 e. The Balaban J connectivity index is 1.78. The second kappa shape index (κ2) is 7.23. The van der Waals surface area contributed by atoms with E-state index >= 15 is 0 Å². The van der Waals surface area contributed by atoms with E-state index in [1.54, 1.807) is 11.8 Å². The van der Waals surface area contributed by atoms with E-state index in [-0.39, 0.29) is 5.56 Å². The molecule has 1 heterocycles. The number of hydrogen-bond donors (Lipinski definition) is 0. The molecular weight excluding hydrogens is 332 g/mol. The third-order valence-corrected chi connectivity index (χ3v) is 5.52. The van der Waals surface area contributed by atoms with Gasteiger partial charge in [-0.05, 0) is 30.2 Å². The lowest BCUT2D eigenvalue weighted by Crippen LogP contribution is -1.90. The van der Waals surface area contributed by atoms with Crippen LogP contribution in [0.15, 0.2) is 52.7 Å². The second-order valence-corrected chi connectivity index (χ2v) is 6.87. The molecule has 0 bridgehead atoms. The van der Waals surface area contributed by atoms with Crippen LogP contribution in [0.5, 0.6) is 0 Å². The molecule has 23 heavy (non-hydrogen) atoms. The van der Waals surface area contributed by atoms with Crippen molar-refractivity contribution in [2.45, 2.75) is 24.0 Å². The van der Waals surface area contributed by atoms with Crippen LogP contribution in [0.1, 0.15) is 18.2 Å². The minimum absolute atomic E-state index is 0.0392. The first-order valence-electron chi connectivity index (χ1n) is 7.28. The summed E-state index contributed by atoms with van der Waals surface area (Å²) in [6, 6.07) is 12.1. The molecule has 118 valence electrons. The molecule has 0 aliphatic heterocycles. The summed E-state index contributed by atoms with van der Waals surface area (Å²) in [6.07, 6.45) is 0.978. The van der Waals surface area contributed by atoms with Gasteiger partial charge in [0.05, 0.1) is 11.3 Å². The van der Waals surface area contributed by atoms with Gasteiger partial charge in [0.25, 0.3) is 0 Å². The van der Waals surface area contributed by atoms with Crippen molar-refractivity contribution in [2.24, 2.45) is 0 Å². The zero-order valence-corrected chi connectivity index (χ0v) is 14.2. The highest BCUT2D eigenvalue weighted by molar-refractivity contribution is 7.98. The lowest BCUT2D eigenvalue weighted by molar-refractivity contribution is 0.589. The monoisotopic (exact) mass is 347 g/mol. The van der Waals surface area contributed by atoms with Crippen LogP contribution in [-0.4, -0.2) is 4.98 Å². The quantitative estimate of drug-likeness (QED) is 0.530. The van der Waals surface area contributed by atoms with Crippen molar-refractivity contribution in [3.63, 3.8) is 0 Å². The molecule has 5 heteroatoms. The fraction of sp³-hybridized carbons (Fsp3) is 0.167. The molecule has 0 saturated heterocycles. The summed E-state index contributed by atoms with van der Waals surface area (Å²) in [5.41, 5.74) is 2.10. The molecule has 0 N–H and O–H groups in total. The average Bonchev–Trinajstić information content (AvgIpc) is 3.01. The third kappa shape index (κ3) is 3.62. The number of thiazole rings is 1. The molecule has 0 aliphatic carbocycles. The fourth-order valence-corrected chi connectivity index (χ4v) is 4.27. The van der Waals surface area contributed by atoms with E-state index in [0.717, 1.165) is 12.1 Å². The molecule has 0 radical (unpaired) electrons. The van der Waals surface area contributed by atoms with E-state index < -0.39 is 11.6 Å². The Morgan fingerprint density at radius 1 is 1.04 bits per heavy atom. The van der Waals surface area contributed by atoms with Gasteiger partial charge in [-0.1, -0.05) is 31.2 Å². The Bertz CT molecular complexity index is 794. The van der Waals surface area contributed by atoms with Crippen LogP contribution in [-0.2, 0) is 12.2 Å². The molecule has 0 fully saturated rings. The molecule has 0 unspecified atom stereocenters. The molecule has 0 spiro atoms. The van der Waals surface area contributed by atoms with Crippen LogP contribution >= 0.6 is 23.1 Å². The second-order valence-electron chi connectivity index (χ2n) is 4.99. The molecule has 3 aromatic rings. The summed E-state index contributed by atoms with van der Waals surface area (Å²) in [6.45, 7) is 2.13. The van der Waals surface area contributed by atoms with E-state index in [0.29, 0.717) is 10.8 Å². The van der Waals surface area contributed by atoms with E-state index in [4.69, 9.17) is 0 Å². The number of halogens is 2. The predicted molar refractivity (Wildman–Crippen MR) is 92.8 cm³/mol. The average molecular weight is 347 g/mol. The van der Waals surface area contributed by atoms with Crippen LogP contribution in [0.4, 0.5) is 8.78 Å². The maximum atomic E-state index is 13.8. The SMILES string of the molecule is CCc1ccccc1SCc1csc(-c2c(F)cccc2F)n1. The van der Waals surface area contributed by atoms with Gasteiger partial charge >= 0.3 is 0 Å². The maximum absolute atomic E-state index is 13.8. The predicted octanol–water partition coefficient (Wildman–Crippen LogP) is 5.94. The highest BCUT2D eigenvalue weighted by Gasteiger charge is 2.15. The van der Waals surface area contributed by atoms with Gasteiger partial charge in [0.15, 0.2) is 0 Å². The van der Waals surface area contributed by atoms with E-state index in [1.807, 2.05) is 17.5 Å². The van der Waals surface area contributed by atoms with Gasteiger partial charge in [0.2, 0.25) is 0 Å². The Kier molecular flexibility index (Phi) is 5.08. The van der Waals surface area contributed by atoms with Crippen LogP contribution in [0, 0.1) is 11.6 Å². The largest absolute Gasteiger partial charge is 0.240 e.